The molecule has 3 aliphatic heterocycles. The highest BCUT2D eigenvalue weighted by molar-refractivity contribution is 7.10. The number of nitrogens with zero attached hydrogens (tertiary/aromatic N) is 3. The van der Waals surface area contributed by atoms with Crippen molar-refractivity contribution in [3.63, 3.8) is 0 Å². The average Bonchev–Trinajstić information content (AvgIpc) is 3.54. The van der Waals surface area contributed by atoms with Gasteiger partial charge in [-0.2, -0.15) is 0 Å². The summed E-state index contributed by atoms with van der Waals surface area (Å²) in [6.07, 6.45) is 3.55. The molecule has 1 spiro atoms. The second-order valence-corrected chi connectivity index (χ2v) is 9.92. The Bertz CT molecular complexity index is 874. The van der Waals surface area contributed by atoms with Crippen molar-refractivity contribution < 1.29 is 4.74 Å². The van der Waals surface area contributed by atoms with E-state index in [1.165, 1.54) is 24.0 Å². The van der Waals surface area contributed by atoms with Crippen LogP contribution in [0.25, 0.3) is 0 Å². The Kier molecular flexibility index (Phi) is 5.81. The molecule has 2 saturated heterocycles. The number of likely N-dealkylation sites (tertiary alicyclic amines) is 1. The van der Waals surface area contributed by atoms with E-state index in [9.17, 15) is 0 Å². The van der Waals surface area contributed by atoms with Crippen LogP contribution in [0.5, 0.6) is 0 Å². The summed E-state index contributed by atoms with van der Waals surface area (Å²) in [5, 5.41) is 5.97. The average molecular weight is 425 g/mol. The quantitative estimate of drug-likeness (QED) is 0.602. The molecule has 2 aromatic rings. The molecule has 5 rings (SSSR count). The molecule has 0 radical (unpaired) electrons. The summed E-state index contributed by atoms with van der Waals surface area (Å²) in [6, 6.07) is 13.6. The van der Waals surface area contributed by atoms with Crippen molar-refractivity contribution in [2.24, 2.45) is 10.4 Å². The zero-order chi connectivity index (χ0) is 20.4. The first-order valence-electron chi connectivity index (χ1n) is 11.1. The summed E-state index contributed by atoms with van der Waals surface area (Å²) in [6.45, 7) is 6.96. The maximum absolute atomic E-state index is 5.71. The molecule has 2 unspecified atom stereocenters. The Hall–Kier alpha value is -1.89. The van der Waals surface area contributed by atoms with Gasteiger partial charge in [-0.05, 0) is 41.8 Å². The molecular weight excluding hydrogens is 392 g/mol. The lowest BCUT2D eigenvalue weighted by Crippen LogP contribution is -2.46. The fraction of sp³-hybridized carbons (Fsp3) is 0.542. The Morgan fingerprint density at radius 2 is 2.13 bits per heavy atom. The number of fused-ring (bicyclic) bond motifs is 1. The molecule has 160 valence electrons. The van der Waals surface area contributed by atoms with Gasteiger partial charge in [0, 0.05) is 56.7 Å². The molecule has 2 atom stereocenters. The number of rotatable bonds is 4. The standard InChI is InChI=1S/C24H32N4OS/c1-25-23(28-12-9-24(17-28)10-13-29-18-24)26-15-21(19-5-3-2-4-6-19)27-11-7-22-20(16-27)8-14-30-22/h2-6,8,14,21H,7,9-13,15-18H2,1H3,(H,25,26). The molecule has 6 heteroatoms. The van der Waals surface area contributed by atoms with Crippen LogP contribution in [-0.2, 0) is 17.7 Å². The molecule has 30 heavy (non-hydrogen) atoms. The minimum Gasteiger partial charge on any atom is -0.381 e. The molecule has 0 bridgehead atoms. The van der Waals surface area contributed by atoms with Crippen molar-refractivity contribution in [3.8, 4) is 0 Å². The van der Waals surface area contributed by atoms with Crippen LogP contribution in [0.1, 0.15) is 34.9 Å². The third kappa shape index (κ3) is 4.01. The van der Waals surface area contributed by atoms with Crippen LogP contribution >= 0.6 is 11.3 Å². The van der Waals surface area contributed by atoms with E-state index < -0.39 is 0 Å². The molecule has 5 nitrogen and oxygen atoms in total. The lowest BCUT2D eigenvalue weighted by atomic mass is 9.87. The van der Waals surface area contributed by atoms with E-state index in [2.05, 4.69) is 61.9 Å². The normalized spacial score (nSPS) is 25.6. The van der Waals surface area contributed by atoms with Crippen LogP contribution in [0.15, 0.2) is 46.8 Å². The number of hydrogen-bond acceptors (Lipinski definition) is 4. The summed E-state index contributed by atoms with van der Waals surface area (Å²) in [7, 11) is 1.91. The number of thiophene rings is 1. The molecule has 1 aromatic heterocycles. The van der Waals surface area contributed by atoms with Gasteiger partial charge >= 0.3 is 0 Å². The van der Waals surface area contributed by atoms with Gasteiger partial charge < -0.3 is 15.0 Å². The maximum atomic E-state index is 5.71. The van der Waals surface area contributed by atoms with E-state index in [1.54, 1.807) is 4.88 Å². The van der Waals surface area contributed by atoms with Gasteiger partial charge in [0.2, 0.25) is 0 Å². The number of nitrogens with one attached hydrogen (secondary N) is 1. The number of guanidine groups is 1. The molecule has 0 amide bonds. The van der Waals surface area contributed by atoms with Crippen molar-refractivity contribution in [3.05, 3.63) is 57.8 Å². The predicted molar refractivity (Wildman–Crippen MR) is 123 cm³/mol. The van der Waals surface area contributed by atoms with Crippen LogP contribution in [0.2, 0.25) is 0 Å². The highest BCUT2D eigenvalue weighted by atomic mass is 32.1. The second kappa shape index (κ2) is 8.69. The van der Waals surface area contributed by atoms with Crippen LogP contribution in [0.4, 0.5) is 0 Å². The van der Waals surface area contributed by atoms with Gasteiger partial charge in [-0.3, -0.25) is 9.89 Å². The summed E-state index contributed by atoms with van der Waals surface area (Å²) in [5.41, 5.74) is 3.22. The van der Waals surface area contributed by atoms with E-state index >= 15 is 0 Å². The molecule has 2 fully saturated rings. The number of benzene rings is 1. The molecule has 4 heterocycles. The summed E-state index contributed by atoms with van der Waals surface area (Å²) >= 11 is 1.90. The van der Waals surface area contributed by atoms with E-state index in [0.717, 1.165) is 58.3 Å². The van der Waals surface area contributed by atoms with Gasteiger partial charge in [0.25, 0.3) is 0 Å². The minimum atomic E-state index is 0.336. The van der Waals surface area contributed by atoms with Crippen molar-refractivity contribution in [1.82, 2.24) is 15.1 Å². The van der Waals surface area contributed by atoms with Crippen LogP contribution in [-0.4, -0.2) is 62.2 Å². The molecular formula is C24H32N4OS. The monoisotopic (exact) mass is 424 g/mol. The predicted octanol–water partition coefficient (Wildman–Crippen LogP) is 3.54. The molecule has 0 saturated carbocycles. The van der Waals surface area contributed by atoms with E-state index in [-0.39, 0.29) is 0 Å². The fourth-order valence-corrected chi connectivity index (χ4v) is 6.17. The first-order valence-corrected chi connectivity index (χ1v) is 12.0. The van der Waals surface area contributed by atoms with Crippen molar-refractivity contribution in [2.75, 3.05) is 46.4 Å². The molecule has 1 N–H and O–H groups in total. The number of ether oxygens (including phenoxy) is 1. The Balaban J connectivity index is 1.29. The van der Waals surface area contributed by atoms with Gasteiger partial charge in [-0.25, -0.2) is 0 Å². The summed E-state index contributed by atoms with van der Waals surface area (Å²) < 4.78 is 5.71. The lowest BCUT2D eigenvalue weighted by Gasteiger charge is -2.36. The van der Waals surface area contributed by atoms with Gasteiger partial charge in [-0.15, -0.1) is 11.3 Å². The third-order valence-electron chi connectivity index (χ3n) is 7.05. The minimum absolute atomic E-state index is 0.336. The number of hydrogen-bond donors (Lipinski definition) is 1. The maximum Gasteiger partial charge on any atom is 0.193 e. The Labute approximate surface area is 183 Å². The smallest absolute Gasteiger partial charge is 0.193 e. The SMILES string of the molecule is CN=C(NCC(c1ccccc1)N1CCc2sccc2C1)N1CCC2(CCOC2)C1. The van der Waals surface area contributed by atoms with Gasteiger partial charge in [0.05, 0.1) is 12.6 Å². The van der Waals surface area contributed by atoms with E-state index in [4.69, 9.17) is 4.74 Å². The largest absolute Gasteiger partial charge is 0.381 e. The van der Waals surface area contributed by atoms with Crippen molar-refractivity contribution in [2.45, 2.75) is 31.8 Å². The van der Waals surface area contributed by atoms with E-state index in [0.29, 0.717) is 11.5 Å². The first kappa shape index (κ1) is 20.0. The fourth-order valence-electron chi connectivity index (χ4n) is 5.28. The zero-order valence-electron chi connectivity index (χ0n) is 17.8. The molecule has 1 aromatic carbocycles. The van der Waals surface area contributed by atoms with Gasteiger partial charge in [0.1, 0.15) is 0 Å². The van der Waals surface area contributed by atoms with E-state index in [1.807, 2.05) is 18.4 Å². The lowest BCUT2D eigenvalue weighted by molar-refractivity contribution is 0.156. The van der Waals surface area contributed by atoms with Gasteiger partial charge in [-0.1, -0.05) is 30.3 Å². The van der Waals surface area contributed by atoms with Crippen LogP contribution < -0.4 is 5.32 Å². The second-order valence-electron chi connectivity index (χ2n) is 8.92. The van der Waals surface area contributed by atoms with Gasteiger partial charge in [0.15, 0.2) is 5.96 Å². The third-order valence-corrected chi connectivity index (χ3v) is 8.07. The van der Waals surface area contributed by atoms with Crippen molar-refractivity contribution >= 4 is 17.3 Å². The molecule has 3 aliphatic rings. The Morgan fingerprint density at radius 3 is 2.93 bits per heavy atom. The summed E-state index contributed by atoms with van der Waals surface area (Å²) in [4.78, 5) is 11.3. The van der Waals surface area contributed by atoms with Crippen LogP contribution in [0.3, 0.4) is 0 Å². The van der Waals surface area contributed by atoms with Crippen molar-refractivity contribution in [1.29, 1.82) is 0 Å². The Morgan fingerprint density at radius 1 is 1.23 bits per heavy atom. The zero-order valence-corrected chi connectivity index (χ0v) is 18.7. The highest BCUT2D eigenvalue weighted by Gasteiger charge is 2.42. The van der Waals surface area contributed by atoms with Crippen LogP contribution in [0, 0.1) is 5.41 Å². The topological polar surface area (TPSA) is 40.1 Å². The highest BCUT2D eigenvalue weighted by Crippen LogP contribution is 2.38. The first-order chi connectivity index (χ1) is 14.8. The summed E-state index contributed by atoms with van der Waals surface area (Å²) in [5.74, 6) is 1.04. The molecule has 0 aliphatic carbocycles. The number of aliphatic imine (C=N–C) groups is 1.